The van der Waals surface area contributed by atoms with Crippen molar-refractivity contribution in [3.05, 3.63) is 0 Å². The van der Waals surface area contributed by atoms with Gasteiger partial charge in [-0.15, -0.1) is 0 Å². The van der Waals surface area contributed by atoms with E-state index in [9.17, 15) is 8.78 Å². The first kappa shape index (κ1) is 12.8. The summed E-state index contributed by atoms with van der Waals surface area (Å²) in [7, 11) is 0. The zero-order valence-corrected chi connectivity index (χ0v) is 9.84. The Balaban J connectivity index is 2.88. The van der Waals surface area contributed by atoms with E-state index in [0.717, 1.165) is 12.8 Å². The van der Waals surface area contributed by atoms with Gasteiger partial charge in [0, 0.05) is 11.6 Å². The summed E-state index contributed by atoms with van der Waals surface area (Å²) < 4.78 is 27.7. The van der Waals surface area contributed by atoms with Crippen LogP contribution < -0.4 is 5.73 Å². The number of piperidine rings is 1. The van der Waals surface area contributed by atoms with Crippen molar-refractivity contribution in [3.63, 3.8) is 0 Å². The topological polar surface area (TPSA) is 29.3 Å². The van der Waals surface area contributed by atoms with E-state index in [0.29, 0.717) is 12.8 Å². The summed E-state index contributed by atoms with van der Waals surface area (Å²) in [6.45, 7) is 5.83. The van der Waals surface area contributed by atoms with Crippen LogP contribution >= 0.6 is 0 Å². The summed E-state index contributed by atoms with van der Waals surface area (Å²) in [5.41, 5.74) is 5.23. The van der Waals surface area contributed by atoms with E-state index in [1.54, 1.807) is 0 Å². The van der Waals surface area contributed by atoms with Crippen LogP contribution in [0, 0.1) is 0 Å². The lowest BCUT2D eigenvalue weighted by Gasteiger charge is -2.48. The van der Waals surface area contributed by atoms with Crippen molar-refractivity contribution < 1.29 is 8.78 Å². The maximum absolute atomic E-state index is 13.9. The molecule has 1 aliphatic heterocycles. The molecule has 1 fully saturated rings. The van der Waals surface area contributed by atoms with E-state index in [-0.39, 0.29) is 0 Å². The monoisotopic (exact) mass is 220 g/mol. The van der Waals surface area contributed by atoms with E-state index in [1.807, 2.05) is 20.8 Å². The molecule has 15 heavy (non-hydrogen) atoms. The third-order valence-corrected chi connectivity index (χ3v) is 3.81. The van der Waals surface area contributed by atoms with E-state index < -0.39 is 24.2 Å². The summed E-state index contributed by atoms with van der Waals surface area (Å²) in [4.78, 5) is 1.33. The average molecular weight is 220 g/mol. The summed E-state index contributed by atoms with van der Waals surface area (Å²) in [5, 5.41) is 0. The van der Waals surface area contributed by atoms with Crippen molar-refractivity contribution in [2.24, 2.45) is 5.73 Å². The first-order valence-corrected chi connectivity index (χ1v) is 5.78. The number of nitrogens with zero attached hydrogens (tertiary/aromatic N) is 1. The van der Waals surface area contributed by atoms with Crippen LogP contribution in [-0.2, 0) is 0 Å². The van der Waals surface area contributed by atoms with Crippen LogP contribution in [0.2, 0.25) is 0 Å². The Hall–Kier alpha value is -0.220. The highest BCUT2D eigenvalue weighted by Crippen LogP contribution is 2.35. The Bertz CT molecular complexity index is 207. The fraction of sp³-hybridized carbons (Fsp3) is 1.00. The minimum atomic E-state index is -1.35. The quantitative estimate of drug-likeness (QED) is 0.741. The predicted molar refractivity (Wildman–Crippen MR) is 57.8 cm³/mol. The molecule has 1 rings (SSSR count). The molecule has 0 amide bonds. The average Bonchev–Trinajstić information content (AvgIpc) is 2.23. The molecule has 0 bridgehead atoms. The Kier molecular flexibility index (Phi) is 4.06. The number of rotatable bonds is 3. The maximum Gasteiger partial charge on any atom is 0.171 e. The van der Waals surface area contributed by atoms with E-state index >= 15 is 0 Å². The lowest BCUT2D eigenvalue weighted by Crippen LogP contribution is -2.61. The SMILES string of the molecule is CCC(C)(CC)N1C(F)CCC(N)C1F. The largest absolute Gasteiger partial charge is 0.324 e. The molecule has 1 heterocycles. The molecular formula is C11H22F2N2. The van der Waals surface area contributed by atoms with Gasteiger partial charge in [-0.3, -0.25) is 0 Å². The van der Waals surface area contributed by atoms with Crippen molar-refractivity contribution in [3.8, 4) is 0 Å². The van der Waals surface area contributed by atoms with Crippen molar-refractivity contribution in [2.75, 3.05) is 0 Å². The molecule has 0 saturated carbocycles. The fourth-order valence-corrected chi connectivity index (χ4v) is 2.22. The molecule has 0 aliphatic carbocycles. The molecule has 0 aromatic heterocycles. The molecule has 1 aliphatic rings. The van der Waals surface area contributed by atoms with Gasteiger partial charge in [0.15, 0.2) is 12.6 Å². The van der Waals surface area contributed by atoms with E-state index in [1.165, 1.54) is 4.90 Å². The Morgan fingerprint density at radius 3 is 2.27 bits per heavy atom. The number of hydrogen-bond donors (Lipinski definition) is 1. The molecule has 2 nitrogen and oxygen atoms in total. The first-order valence-electron chi connectivity index (χ1n) is 5.78. The van der Waals surface area contributed by atoms with E-state index in [2.05, 4.69) is 0 Å². The third kappa shape index (κ3) is 2.31. The van der Waals surface area contributed by atoms with Gasteiger partial charge in [-0.1, -0.05) is 13.8 Å². The van der Waals surface area contributed by atoms with Crippen LogP contribution in [0.1, 0.15) is 46.5 Å². The first-order chi connectivity index (χ1) is 6.96. The van der Waals surface area contributed by atoms with Crippen molar-refractivity contribution in [2.45, 2.75) is 70.6 Å². The van der Waals surface area contributed by atoms with Crippen molar-refractivity contribution in [1.82, 2.24) is 4.90 Å². The number of likely N-dealkylation sites (tertiary alicyclic amines) is 1. The van der Waals surface area contributed by atoms with Crippen LogP contribution in [0.15, 0.2) is 0 Å². The highest BCUT2D eigenvalue weighted by molar-refractivity contribution is 4.93. The zero-order chi connectivity index (χ0) is 11.6. The van der Waals surface area contributed by atoms with Crippen molar-refractivity contribution >= 4 is 0 Å². The maximum atomic E-state index is 13.9. The second kappa shape index (κ2) is 4.74. The lowest BCUT2D eigenvalue weighted by molar-refractivity contribution is -0.129. The van der Waals surface area contributed by atoms with Gasteiger partial charge in [0.1, 0.15) is 0 Å². The number of halogens is 2. The van der Waals surface area contributed by atoms with E-state index in [4.69, 9.17) is 5.73 Å². The number of alkyl halides is 2. The summed E-state index contributed by atoms with van der Waals surface area (Å²) in [6.07, 6.45) is -0.295. The van der Waals surface area contributed by atoms with Gasteiger partial charge >= 0.3 is 0 Å². The molecule has 3 atom stereocenters. The molecule has 0 spiro atoms. The van der Waals surface area contributed by atoms with Crippen LogP contribution in [0.5, 0.6) is 0 Å². The van der Waals surface area contributed by atoms with Crippen LogP contribution in [-0.4, -0.2) is 29.1 Å². The molecule has 0 aromatic rings. The normalized spacial score (nSPS) is 34.4. The number of hydrogen-bond acceptors (Lipinski definition) is 2. The lowest BCUT2D eigenvalue weighted by atomic mass is 9.89. The highest BCUT2D eigenvalue weighted by Gasteiger charge is 2.44. The van der Waals surface area contributed by atoms with Gasteiger partial charge in [0.25, 0.3) is 0 Å². The summed E-state index contributed by atoms with van der Waals surface area (Å²) in [6, 6.07) is -0.547. The van der Waals surface area contributed by atoms with Gasteiger partial charge in [-0.25, -0.2) is 13.7 Å². The third-order valence-electron chi connectivity index (χ3n) is 3.81. The highest BCUT2D eigenvalue weighted by atomic mass is 19.2. The van der Waals surface area contributed by atoms with Gasteiger partial charge in [0.05, 0.1) is 0 Å². The standard InChI is InChI=1S/C11H22F2N2/c1-4-11(3,5-2)15-9(12)7-6-8(14)10(15)13/h8-10H,4-7,14H2,1-3H3. The minimum Gasteiger partial charge on any atom is -0.324 e. The molecule has 3 unspecified atom stereocenters. The minimum absolute atomic E-state index is 0.344. The summed E-state index contributed by atoms with van der Waals surface area (Å²) in [5.74, 6) is 0. The van der Waals surface area contributed by atoms with Crippen LogP contribution in [0.3, 0.4) is 0 Å². The van der Waals surface area contributed by atoms with Gasteiger partial charge in [-0.05, 0) is 32.6 Å². The Morgan fingerprint density at radius 1 is 1.27 bits per heavy atom. The molecule has 2 N–H and O–H groups in total. The van der Waals surface area contributed by atoms with Gasteiger partial charge < -0.3 is 5.73 Å². The molecular weight excluding hydrogens is 198 g/mol. The molecule has 90 valence electrons. The van der Waals surface area contributed by atoms with Gasteiger partial charge in [-0.2, -0.15) is 0 Å². The zero-order valence-electron chi connectivity index (χ0n) is 9.84. The summed E-state index contributed by atoms with van der Waals surface area (Å²) >= 11 is 0. The molecule has 0 radical (unpaired) electrons. The fourth-order valence-electron chi connectivity index (χ4n) is 2.22. The van der Waals surface area contributed by atoms with Crippen molar-refractivity contribution in [1.29, 1.82) is 0 Å². The van der Waals surface area contributed by atoms with Crippen LogP contribution in [0.25, 0.3) is 0 Å². The molecule has 0 aromatic carbocycles. The Labute approximate surface area is 90.8 Å². The Morgan fingerprint density at radius 2 is 1.80 bits per heavy atom. The molecule has 1 saturated heterocycles. The smallest absolute Gasteiger partial charge is 0.171 e. The van der Waals surface area contributed by atoms with Crippen LogP contribution in [0.4, 0.5) is 8.78 Å². The number of nitrogens with two attached hydrogens (primary N) is 1. The second-order valence-corrected chi connectivity index (χ2v) is 4.66. The predicted octanol–water partition coefficient (Wildman–Crippen LogP) is 2.58. The second-order valence-electron chi connectivity index (χ2n) is 4.66. The molecule has 4 heteroatoms. The van der Waals surface area contributed by atoms with Gasteiger partial charge in [0.2, 0.25) is 0 Å².